The molecular weight excluding hydrogens is 212 g/mol. The van der Waals surface area contributed by atoms with Crippen molar-refractivity contribution >= 4 is 16.1 Å². The fourth-order valence-electron chi connectivity index (χ4n) is 0.961. The van der Waals surface area contributed by atoms with Gasteiger partial charge in [0.2, 0.25) is 0 Å². The molecule has 1 atom stereocenters. The van der Waals surface area contributed by atoms with Gasteiger partial charge in [0.05, 0.1) is 0 Å². The SMILES string of the molecule is CCCCCC(O)(C(=O)O)S(=O)(=O)O. The number of carbonyl (C=O) groups is 1. The highest BCUT2D eigenvalue weighted by molar-refractivity contribution is 7.87. The maximum absolute atomic E-state index is 10.6. The molecule has 14 heavy (non-hydrogen) atoms. The molecule has 0 rings (SSSR count). The van der Waals surface area contributed by atoms with E-state index in [2.05, 4.69) is 0 Å². The van der Waals surface area contributed by atoms with Crippen LogP contribution in [0.25, 0.3) is 0 Å². The van der Waals surface area contributed by atoms with E-state index in [0.29, 0.717) is 6.42 Å². The van der Waals surface area contributed by atoms with Crippen molar-refractivity contribution in [1.29, 1.82) is 0 Å². The maximum Gasteiger partial charge on any atom is 0.354 e. The lowest BCUT2D eigenvalue weighted by Gasteiger charge is -2.19. The molecule has 0 spiro atoms. The molecule has 1 unspecified atom stereocenters. The van der Waals surface area contributed by atoms with E-state index in [1.165, 1.54) is 0 Å². The van der Waals surface area contributed by atoms with E-state index in [1.807, 2.05) is 6.92 Å². The van der Waals surface area contributed by atoms with Gasteiger partial charge in [0.25, 0.3) is 4.93 Å². The van der Waals surface area contributed by atoms with Crippen LogP contribution in [0.4, 0.5) is 0 Å². The second-order valence-corrected chi connectivity index (χ2v) is 4.65. The second kappa shape index (κ2) is 4.72. The van der Waals surface area contributed by atoms with Gasteiger partial charge in [-0.2, -0.15) is 8.42 Å². The highest BCUT2D eigenvalue weighted by Gasteiger charge is 2.48. The highest BCUT2D eigenvalue weighted by atomic mass is 32.2. The Balaban J connectivity index is 4.68. The predicted octanol–water partition coefficient (Wildman–Crippen LogP) is 0.228. The van der Waals surface area contributed by atoms with E-state index in [4.69, 9.17) is 9.66 Å². The third-order valence-corrected chi connectivity index (χ3v) is 3.11. The van der Waals surface area contributed by atoms with Gasteiger partial charge in [-0.05, 0) is 6.42 Å². The van der Waals surface area contributed by atoms with Gasteiger partial charge in [0, 0.05) is 6.42 Å². The number of carboxylic acids is 1. The van der Waals surface area contributed by atoms with Crippen LogP contribution in [0, 0.1) is 0 Å². The Morgan fingerprint density at radius 1 is 1.36 bits per heavy atom. The van der Waals surface area contributed by atoms with Gasteiger partial charge in [-0.15, -0.1) is 0 Å². The lowest BCUT2D eigenvalue weighted by Crippen LogP contribution is -2.46. The molecule has 0 heterocycles. The maximum atomic E-state index is 10.6. The zero-order valence-electron chi connectivity index (χ0n) is 7.80. The predicted molar refractivity (Wildman–Crippen MR) is 48.3 cm³/mol. The number of hydrogen-bond acceptors (Lipinski definition) is 4. The summed E-state index contributed by atoms with van der Waals surface area (Å²) in [4.78, 5) is 7.41. The van der Waals surface area contributed by atoms with Crippen LogP contribution in [0.5, 0.6) is 0 Å². The molecule has 0 fully saturated rings. The van der Waals surface area contributed by atoms with E-state index in [0.717, 1.165) is 6.42 Å². The first-order valence-electron chi connectivity index (χ1n) is 4.18. The molecule has 0 aromatic rings. The minimum Gasteiger partial charge on any atom is -0.478 e. The van der Waals surface area contributed by atoms with Crippen molar-refractivity contribution in [2.75, 3.05) is 0 Å². The van der Waals surface area contributed by atoms with Crippen LogP contribution >= 0.6 is 0 Å². The fourth-order valence-corrected chi connectivity index (χ4v) is 1.58. The van der Waals surface area contributed by atoms with Crippen LogP contribution in [-0.4, -0.2) is 34.1 Å². The van der Waals surface area contributed by atoms with E-state index >= 15 is 0 Å². The molecule has 0 aromatic carbocycles. The molecule has 0 aromatic heterocycles. The van der Waals surface area contributed by atoms with Crippen molar-refractivity contribution < 1.29 is 28.0 Å². The van der Waals surface area contributed by atoms with E-state index in [1.54, 1.807) is 0 Å². The van der Waals surface area contributed by atoms with Crippen LogP contribution in [-0.2, 0) is 14.9 Å². The molecule has 0 aliphatic carbocycles. The lowest BCUT2D eigenvalue weighted by atomic mass is 10.1. The molecule has 0 bridgehead atoms. The highest BCUT2D eigenvalue weighted by Crippen LogP contribution is 2.21. The minimum absolute atomic E-state index is 0.221. The van der Waals surface area contributed by atoms with Crippen molar-refractivity contribution in [3.8, 4) is 0 Å². The zero-order chi connectivity index (χ0) is 11.4. The summed E-state index contributed by atoms with van der Waals surface area (Å²) in [5.74, 6) is -1.95. The van der Waals surface area contributed by atoms with Gasteiger partial charge in [0.15, 0.2) is 0 Å². The van der Waals surface area contributed by atoms with Gasteiger partial charge in [-0.25, -0.2) is 4.79 Å². The number of carboxylic acid groups (broad SMARTS) is 1. The summed E-state index contributed by atoms with van der Waals surface area (Å²) in [7, 11) is -4.99. The normalized spacial score (nSPS) is 16.2. The number of rotatable bonds is 6. The average molecular weight is 226 g/mol. The summed E-state index contributed by atoms with van der Waals surface area (Å²) in [6.45, 7) is 1.84. The molecule has 0 saturated heterocycles. The largest absolute Gasteiger partial charge is 0.478 e. The van der Waals surface area contributed by atoms with Crippen LogP contribution in [0.2, 0.25) is 0 Å². The van der Waals surface area contributed by atoms with Gasteiger partial charge >= 0.3 is 16.1 Å². The summed E-state index contributed by atoms with van der Waals surface area (Å²) in [6, 6.07) is 0. The molecule has 84 valence electrons. The number of aliphatic carboxylic acids is 1. The number of aliphatic hydroxyl groups is 1. The van der Waals surface area contributed by atoms with Gasteiger partial charge in [-0.1, -0.05) is 19.8 Å². The molecular formula is C7H14O6S. The monoisotopic (exact) mass is 226 g/mol. The summed E-state index contributed by atoms with van der Waals surface area (Å²) < 4.78 is 29.8. The van der Waals surface area contributed by atoms with Gasteiger partial charge in [-0.3, -0.25) is 4.55 Å². The summed E-state index contributed by atoms with van der Waals surface area (Å²) in [5, 5.41) is 17.7. The number of hydrogen-bond donors (Lipinski definition) is 3. The minimum atomic E-state index is -4.99. The Kier molecular flexibility index (Phi) is 4.50. The molecule has 0 amide bonds. The quantitative estimate of drug-likeness (QED) is 0.441. The average Bonchev–Trinajstić information content (AvgIpc) is 2.02. The Morgan fingerprint density at radius 3 is 2.14 bits per heavy atom. The molecule has 0 aliphatic rings. The molecule has 3 N–H and O–H groups in total. The first-order chi connectivity index (χ1) is 6.25. The lowest BCUT2D eigenvalue weighted by molar-refractivity contribution is -0.151. The Hall–Kier alpha value is -0.660. The smallest absolute Gasteiger partial charge is 0.354 e. The molecule has 7 heteroatoms. The Bertz CT molecular complexity index is 295. The third kappa shape index (κ3) is 2.93. The van der Waals surface area contributed by atoms with Crippen molar-refractivity contribution in [3.05, 3.63) is 0 Å². The van der Waals surface area contributed by atoms with Crippen molar-refractivity contribution in [2.45, 2.75) is 37.5 Å². The first-order valence-corrected chi connectivity index (χ1v) is 5.62. The van der Waals surface area contributed by atoms with E-state index in [-0.39, 0.29) is 6.42 Å². The van der Waals surface area contributed by atoms with Gasteiger partial charge < -0.3 is 10.2 Å². The molecule has 0 saturated carbocycles. The molecule has 0 radical (unpaired) electrons. The van der Waals surface area contributed by atoms with Crippen LogP contribution in [0.15, 0.2) is 0 Å². The zero-order valence-corrected chi connectivity index (χ0v) is 8.62. The van der Waals surface area contributed by atoms with E-state index in [9.17, 15) is 18.3 Å². The third-order valence-electron chi connectivity index (χ3n) is 1.88. The Labute approximate surface area is 82.3 Å². The second-order valence-electron chi connectivity index (χ2n) is 3.02. The van der Waals surface area contributed by atoms with Crippen molar-refractivity contribution in [3.63, 3.8) is 0 Å². The summed E-state index contributed by atoms with van der Waals surface area (Å²) in [5.41, 5.74) is 0. The fraction of sp³-hybridized carbons (Fsp3) is 0.857. The van der Waals surface area contributed by atoms with Crippen LogP contribution in [0.1, 0.15) is 32.6 Å². The standard InChI is InChI=1S/C7H14O6S/c1-2-3-4-5-7(10,6(8)9)14(11,12)13/h10H,2-5H2,1H3,(H,8,9)(H,11,12,13). The first kappa shape index (κ1) is 13.3. The summed E-state index contributed by atoms with van der Waals surface area (Å²) in [6.07, 6.45) is 1.06. The Morgan fingerprint density at radius 2 is 1.86 bits per heavy atom. The molecule has 0 aliphatic heterocycles. The van der Waals surface area contributed by atoms with Crippen molar-refractivity contribution in [1.82, 2.24) is 0 Å². The van der Waals surface area contributed by atoms with Crippen LogP contribution in [0.3, 0.4) is 0 Å². The van der Waals surface area contributed by atoms with Gasteiger partial charge in [0.1, 0.15) is 0 Å². The van der Waals surface area contributed by atoms with E-state index < -0.39 is 27.4 Å². The molecule has 6 nitrogen and oxygen atoms in total. The topological polar surface area (TPSA) is 112 Å². The van der Waals surface area contributed by atoms with Crippen molar-refractivity contribution in [2.24, 2.45) is 0 Å². The van der Waals surface area contributed by atoms with Crippen LogP contribution < -0.4 is 0 Å². The number of unbranched alkanes of at least 4 members (excludes halogenated alkanes) is 2. The summed E-state index contributed by atoms with van der Waals surface area (Å²) >= 11 is 0.